The van der Waals surface area contributed by atoms with Crippen LogP contribution in [-0.4, -0.2) is 17.1 Å². The fourth-order valence-electron chi connectivity index (χ4n) is 2.40. The van der Waals surface area contributed by atoms with E-state index in [1.807, 2.05) is 13.0 Å². The number of hydrogen-bond donors (Lipinski definition) is 2. The second-order valence-corrected chi connectivity index (χ2v) is 6.04. The summed E-state index contributed by atoms with van der Waals surface area (Å²) in [5.74, 6) is 1.31. The summed E-state index contributed by atoms with van der Waals surface area (Å²) in [5, 5.41) is 6.84. The summed E-state index contributed by atoms with van der Waals surface area (Å²) in [6, 6.07) is 11.9. The summed E-state index contributed by atoms with van der Waals surface area (Å²) in [6.45, 7) is 2.20. The van der Waals surface area contributed by atoms with Crippen molar-refractivity contribution in [3.63, 3.8) is 0 Å². The average Bonchev–Trinajstić information content (AvgIpc) is 2.64. The third-order valence-electron chi connectivity index (χ3n) is 3.79. The van der Waals surface area contributed by atoms with Crippen LogP contribution in [-0.2, 0) is 6.54 Å². The summed E-state index contributed by atoms with van der Waals surface area (Å²) in [7, 11) is 1.58. The molecule has 1 heterocycles. The van der Waals surface area contributed by atoms with E-state index < -0.39 is 0 Å². The number of anilines is 3. The van der Waals surface area contributed by atoms with Crippen LogP contribution in [0.25, 0.3) is 0 Å². The number of nitrogens with one attached hydrogen (secondary N) is 2. The zero-order valence-corrected chi connectivity index (χ0v) is 15.1. The van der Waals surface area contributed by atoms with E-state index in [0.717, 1.165) is 11.3 Å². The zero-order valence-electron chi connectivity index (χ0n) is 14.4. The fraction of sp³-hybridized carbons (Fsp3) is 0.158. The van der Waals surface area contributed by atoms with Crippen molar-refractivity contribution in [3.8, 4) is 5.75 Å². The van der Waals surface area contributed by atoms with Gasteiger partial charge in [-0.05, 0) is 30.7 Å². The largest absolute Gasteiger partial charge is 0.495 e. The van der Waals surface area contributed by atoms with E-state index >= 15 is 0 Å². The van der Waals surface area contributed by atoms with Crippen molar-refractivity contribution in [3.05, 3.63) is 70.6 Å². The molecule has 5 nitrogen and oxygen atoms in total. The van der Waals surface area contributed by atoms with Crippen molar-refractivity contribution < 1.29 is 9.13 Å². The van der Waals surface area contributed by atoms with Crippen LogP contribution in [0.1, 0.15) is 11.1 Å². The van der Waals surface area contributed by atoms with Gasteiger partial charge in [0.1, 0.15) is 17.4 Å². The third-order valence-corrected chi connectivity index (χ3v) is 4.20. The second-order valence-electron chi connectivity index (χ2n) is 5.64. The summed E-state index contributed by atoms with van der Waals surface area (Å²) < 4.78 is 19.0. The number of halogens is 2. The first kappa shape index (κ1) is 17.9. The molecule has 0 radical (unpaired) electrons. The Morgan fingerprint density at radius 3 is 2.77 bits per heavy atom. The van der Waals surface area contributed by atoms with Crippen LogP contribution >= 0.6 is 11.6 Å². The first-order valence-corrected chi connectivity index (χ1v) is 8.36. The highest BCUT2D eigenvalue weighted by atomic mass is 35.5. The lowest BCUT2D eigenvalue weighted by Crippen LogP contribution is -2.06. The number of methoxy groups -OCH3 is 1. The zero-order chi connectivity index (χ0) is 18.5. The van der Waals surface area contributed by atoms with Gasteiger partial charge < -0.3 is 15.4 Å². The van der Waals surface area contributed by atoms with Gasteiger partial charge in [0, 0.05) is 29.4 Å². The van der Waals surface area contributed by atoms with E-state index in [4.69, 9.17) is 16.3 Å². The molecular weight excluding hydrogens is 355 g/mol. The fourth-order valence-corrected chi connectivity index (χ4v) is 2.55. The Bertz CT molecular complexity index is 920. The predicted octanol–water partition coefficient (Wildman–Crippen LogP) is 4.94. The van der Waals surface area contributed by atoms with Crippen LogP contribution in [0.3, 0.4) is 0 Å². The van der Waals surface area contributed by atoms with Crippen molar-refractivity contribution in [2.45, 2.75) is 13.5 Å². The van der Waals surface area contributed by atoms with E-state index in [1.165, 1.54) is 6.07 Å². The van der Waals surface area contributed by atoms with Gasteiger partial charge in [-0.3, -0.25) is 0 Å². The maximum Gasteiger partial charge on any atom is 0.224 e. The molecular formula is C19H18ClFN4O. The Kier molecular flexibility index (Phi) is 5.53. The Hall–Kier alpha value is -2.86. The number of ether oxygens (including phenoxy) is 1. The molecule has 0 atom stereocenters. The molecule has 0 bridgehead atoms. The molecule has 0 saturated carbocycles. The van der Waals surface area contributed by atoms with E-state index in [-0.39, 0.29) is 5.82 Å². The number of hydrogen-bond acceptors (Lipinski definition) is 5. The number of benzene rings is 2. The van der Waals surface area contributed by atoms with Gasteiger partial charge in [0.2, 0.25) is 5.95 Å². The van der Waals surface area contributed by atoms with Crippen molar-refractivity contribution in [1.29, 1.82) is 0 Å². The van der Waals surface area contributed by atoms with Gasteiger partial charge >= 0.3 is 0 Å². The molecule has 0 amide bonds. The highest BCUT2D eigenvalue weighted by molar-refractivity contribution is 6.31. The average molecular weight is 373 g/mol. The minimum absolute atomic E-state index is 0.268. The molecule has 134 valence electrons. The molecule has 0 unspecified atom stereocenters. The van der Waals surface area contributed by atoms with E-state index in [1.54, 1.807) is 43.6 Å². The highest BCUT2D eigenvalue weighted by Crippen LogP contribution is 2.32. The van der Waals surface area contributed by atoms with Crippen LogP contribution in [0.4, 0.5) is 21.8 Å². The Labute approximate surface area is 156 Å². The van der Waals surface area contributed by atoms with Crippen molar-refractivity contribution in [2.75, 3.05) is 17.7 Å². The summed E-state index contributed by atoms with van der Waals surface area (Å²) in [6.07, 6.45) is 1.62. The van der Waals surface area contributed by atoms with Crippen molar-refractivity contribution in [2.24, 2.45) is 0 Å². The van der Waals surface area contributed by atoms with Gasteiger partial charge in [0.15, 0.2) is 0 Å². The Balaban J connectivity index is 1.76. The second kappa shape index (κ2) is 8.01. The number of rotatable bonds is 6. The SMILES string of the molecule is COc1cc(Cl)c(C)cc1Nc1ccnc(NCc2ccccc2F)n1. The first-order chi connectivity index (χ1) is 12.6. The lowest BCUT2D eigenvalue weighted by Gasteiger charge is -2.13. The van der Waals surface area contributed by atoms with Gasteiger partial charge in [-0.25, -0.2) is 9.37 Å². The molecule has 3 rings (SSSR count). The normalized spacial score (nSPS) is 10.5. The first-order valence-electron chi connectivity index (χ1n) is 7.98. The molecule has 2 aromatic carbocycles. The smallest absolute Gasteiger partial charge is 0.224 e. The Morgan fingerprint density at radius 2 is 2.00 bits per heavy atom. The van der Waals surface area contributed by atoms with Crippen LogP contribution in [0.15, 0.2) is 48.7 Å². The molecule has 1 aromatic heterocycles. The quantitative estimate of drug-likeness (QED) is 0.641. The molecule has 0 aliphatic heterocycles. The maximum absolute atomic E-state index is 13.7. The van der Waals surface area contributed by atoms with Gasteiger partial charge in [0.25, 0.3) is 0 Å². The number of nitrogens with zero attached hydrogens (tertiary/aromatic N) is 2. The summed E-state index contributed by atoms with van der Waals surface area (Å²) >= 11 is 6.13. The summed E-state index contributed by atoms with van der Waals surface area (Å²) in [5.41, 5.74) is 2.21. The molecule has 0 spiro atoms. The van der Waals surface area contributed by atoms with Crippen LogP contribution < -0.4 is 15.4 Å². The van der Waals surface area contributed by atoms with Gasteiger partial charge in [0.05, 0.1) is 12.8 Å². The standard InChI is InChI=1S/C19H18ClFN4O/c1-12-9-16(17(26-2)10-14(12)20)24-18-7-8-22-19(25-18)23-11-13-5-3-4-6-15(13)21/h3-10H,11H2,1-2H3,(H2,22,23,24,25). The minimum atomic E-state index is -0.268. The maximum atomic E-state index is 13.7. The van der Waals surface area contributed by atoms with E-state index in [0.29, 0.717) is 34.6 Å². The molecule has 0 fully saturated rings. The van der Waals surface area contributed by atoms with Crippen LogP contribution in [0.5, 0.6) is 5.75 Å². The molecule has 0 aliphatic rings. The molecule has 7 heteroatoms. The van der Waals surface area contributed by atoms with E-state index in [2.05, 4.69) is 20.6 Å². The van der Waals surface area contributed by atoms with Gasteiger partial charge in [-0.15, -0.1) is 0 Å². The van der Waals surface area contributed by atoms with Crippen molar-refractivity contribution >= 4 is 29.1 Å². The van der Waals surface area contributed by atoms with Gasteiger partial charge in [-0.1, -0.05) is 29.8 Å². The van der Waals surface area contributed by atoms with Crippen LogP contribution in [0.2, 0.25) is 5.02 Å². The number of aryl methyl sites for hydroxylation is 1. The van der Waals surface area contributed by atoms with Gasteiger partial charge in [-0.2, -0.15) is 4.98 Å². The van der Waals surface area contributed by atoms with E-state index in [9.17, 15) is 4.39 Å². The molecule has 3 aromatic rings. The Morgan fingerprint density at radius 1 is 1.19 bits per heavy atom. The minimum Gasteiger partial charge on any atom is -0.495 e. The molecule has 0 saturated heterocycles. The van der Waals surface area contributed by atoms with Crippen molar-refractivity contribution in [1.82, 2.24) is 9.97 Å². The number of aromatic nitrogens is 2. The topological polar surface area (TPSA) is 59.1 Å². The lowest BCUT2D eigenvalue weighted by molar-refractivity contribution is 0.416. The lowest BCUT2D eigenvalue weighted by atomic mass is 10.2. The monoisotopic (exact) mass is 372 g/mol. The third kappa shape index (κ3) is 4.21. The molecule has 2 N–H and O–H groups in total. The van der Waals surface area contributed by atoms with Crippen LogP contribution in [0, 0.1) is 12.7 Å². The summed E-state index contributed by atoms with van der Waals surface area (Å²) in [4.78, 5) is 8.56. The molecule has 26 heavy (non-hydrogen) atoms. The highest BCUT2D eigenvalue weighted by Gasteiger charge is 2.09. The molecule has 0 aliphatic carbocycles. The predicted molar refractivity (Wildman–Crippen MR) is 102 cm³/mol.